The van der Waals surface area contributed by atoms with Crippen LogP contribution in [0.5, 0.6) is 0 Å². The van der Waals surface area contributed by atoms with E-state index in [0.717, 1.165) is 6.07 Å². The molecule has 0 aliphatic carbocycles. The molecule has 1 atom stereocenters. The average molecular weight is 475 g/mol. The number of amides is 1. The average Bonchev–Trinajstić information content (AvgIpc) is 2.68. The molecule has 0 aliphatic heterocycles. The maximum Gasteiger partial charge on any atom is 0.434 e. The number of carbonyl (C=O) groups excluding carboxylic acids is 1. The summed E-state index contributed by atoms with van der Waals surface area (Å²) in [5, 5.41) is 9.85. The number of hydrogen-bond donors (Lipinski definition) is 3. The van der Waals surface area contributed by atoms with Crippen molar-refractivity contribution in [2.24, 2.45) is 5.73 Å². The molecule has 2 aromatic rings. The summed E-state index contributed by atoms with van der Waals surface area (Å²) in [6.07, 6.45) is -3.64. The summed E-state index contributed by atoms with van der Waals surface area (Å²) in [6, 6.07) is 3.43. The van der Waals surface area contributed by atoms with Crippen molar-refractivity contribution < 1.29 is 30.8 Å². The van der Waals surface area contributed by atoms with Crippen LogP contribution in [0, 0.1) is 11.2 Å². The van der Waals surface area contributed by atoms with Gasteiger partial charge in [-0.05, 0) is 43.5 Å². The van der Waals surface area contributed by atoms with Crippen LogP contribution in [0.15, 0.2) is 30.6 Å². The predicted octanol–water partition coefficient (Wildman–Crippen LogP) is 3.12. The molecule has 8 nitrogen and oxygen atoms in total. The maximum absolute atomic E-state index is 14.4. The molecule has 1 amide bonds. The molecule has 13 heteroatoms. The molecule has 32 heavy (non-hydrogen) atoms. The van der Waals surface area contributed by atoms with E-state index in [1.165, 1.54) is 32.9 Å². The summed E-state index contributed by atoms with van der Waals surface area (Å²) >= 11 is 0. The van der Waals surface area contributed by atoms with Gasteiger partial charge >= 0.3 is 6.18 Å². The smallest absolute Gasteiger partial charge is 0.386 e. The Balaban J connectivity index is 2.23. The molecule has 1 aromatic carbocycles. The number of benzene rings is 1. The van der Waals surface area contributed by atoms with Crippen LogP contribution >= 0.6 is 0 Å². The molecule has 0 unspecified atom stereocenters. The highest BCUT2D eigenvalue weighted by molar-refractivity contribution is 7.93. The standard InChI is InChI=1S/C19H21F4N5O3S/c1-10(9-32(30,31)18(2,3)17(24)25)12-6-11(4-5-13(12)20)28-16(29)14-7-27-15(8-26-14)19(21,22)23/h4-8,10H,9H2,1-3H3,(H3,24,25)(H,28,29)/t10-/m0/s1. The third-order valence-corrected chi connectivity index (χ3v) is 7.57. The first kappa shape index (κ1) is 25.2. The number of nitrogens with one attached hydrogen (secondary N) is 2. The van der Waals surface area contributed by atoms with Crippen LogP contribution in [0.4, 0.5) is 23.2 Å². The molecule has 1 heterocycles. The number of nitrogens with two attached hydrogens (primary N) is 1. The molecule has 0 saturated heterocycles. The van der Waals surface area contributed by atoms with E-state index in [2.05, 4.69) is 15.3 Å². The summed E-state index contributed by atoms with van der Waals surface area (Å²) in [7, 11) is -3.93. The van der Waals surface area contributed by atoms with Gasteiger partial charge in [0.2, 0.25) is 0 Å². The molecule has 2 rings (SSSR count). The third-order valence-electron chi connectivity index (χ3n) is 4.86. The van der Waals surface area contributed by atoms with E-state index in [9.17, 15) is 30.8 Å². The summed E-state index contributed by atoms with van der Waals surface area (Å²) < 4.78 is 75.7. The first-order chi connectivity index (χ1) is 14.6. The molecule has 0 spiro atoms. The fraction of sp³-hybridized carbons (Fsp3) is 0.368. The minimum absolute atomic E-state index is 0.0239. The van der Waals surface area contributed by atoms with E-state index in [4.69, 9.17) is 11.1 Å². The van der Waals surface area contributed by atoms with Crippen LogP contribution in [0.1, 0.15) is 48.4 Å². The highest BCUT2D eigenvalue weighted by atomic mass is 32.2. The van der Waals surface area contributed by atoms with Gasteiger partial charge in [0.1, 0.15) is 22.1 Å². The lowest BCUT2D eigenvalue weighted by Gasteiger charge is -2.25. The summed E-state index contributed by atoms with van der Waals surface area (Å²) in [5.74, 6) is -3.54. The van der Waals surface area contributed by atoms with Gasteiger partial charge in [-0.25, -0.2) is 22.8 Å². The molecule has 4 N–H and O–H groups in total. The number of anilines is 1. The van der Waals surface area contributed by atoms with Gasteiger partial charge in [-0.2, -0.15) is 13.2 Å². The van der Waals surface area contributed by atoms with Crippen LogP contribution in [0.25, 0.3) is 0 Å². The van der Waals surface area contributed by atoms with Crippen molar-refractivity contribution >= 4 is 27.3 Å². The van der Waals surface area contributed by atoms with Gasteiger partial charge in [0.15, 0.2) is 15.5 Å². The van der Waals surface area contributed by atoms with E-state index in [1.807, 2.05) is 0 Å². The third kappa shape index (κ3) is 5.39. The summed E-state index contributed by atoms with van der Waals surface area (Å²) in [4.78, 5) is 18.8. The molecule has 0 saturated carbocycles. The second kappa shape index (κ2) is 8.81. The zero-order chi connectivity index (χ0) is 24.5. The first-order valence-electron chi connectivity index (χ1n) is 9.13. The van der Waals surface area contributed by atoms with E-state index < -0.39 is 61.4 Å². The molecule has 0 aliphatic rings. The van der Waals surface area contributed by atoms with Gasteiger partial charge in [0.25, 0.3) is 5.91 Å². The number of rotatable bonds is 7. The van der Waals surface area contributed by atoms with Gasteiger partial charge in [-0.1, -0.05) is 6.92 Å². The molecule has 0 fully saturated rings. The molecular weight excluding hydrogens is 454 g/mol. The Morgan fingerprint density at radius 2 is 1.84 bits per heavy atom. The number of aromatic nitrogens is 2. The van der Waals surface area contributed by atoms with Crippen molar-refractivity contribution in [3.63, 3.8) is 0 Å². The first-order valence-corrected chi connectivity index (χ1v) is 10.8. The van der Waals surface area contributed by atoms with Gasteiger partial charge in [-0.15, -0.1) is 0 Å². The zero-order valence-electron chi connectivity index (χ0n) is 17.3. The lowest BCUT2D eigenvalue weighted by Crippen LogP contribution is -2.46. The predicted molar refractivity (Wildman–Crippen MR) is 110 cm³/mol. The number of carbonyl (C=O) groups is 1. The number of alkyl halides is 3. The van der Waals surface area contributed by atoms with Crippen molar-refractivity contribution in [2.75, 3.05) is 11.1 Å². The minimum atomic E-state index is -4.71. The number of halogens is 4. The molecule has 0 radical (unpaired) electrons. The number of nitrogens with zero attached hydrogens (tertiary/aromatic N) is 2. The van der Waals surface area contributed by atoms with Crippen molar-refractivity contribution in [3.8, 4) is 0 Å². The Hall–Kier alpha value is -3.09. The number of amidine groups is 1. The quantitative estimate of drug-likeness (QED) is 0.319. The Kier molecular flexibility index (Phi) is 6.93. The zero-order valence-corrected chi connectivity index (χ0v) is 18.1. The highest BCUT2D eigenvalue weighted by Gasteiger charge is 2.39. The Morgan fingerprint density at radius 1 is 1.22 bits per heavy atom. The lowest BCUT2D eigenvalue weighted by molar-refractivity contribution is -0.141. The molecule has 1 aromatic heterocycles. The van der Waals surface area contributed by atoms with E-state index in [0.29, 0.717) is 12.4 Å². The van der Waals surface area contributed by atoms with Crippen LogP contribution in [-0.2, 0) is 16.0 Å². The van der Waals surface area contributed by atoms with Gasteiger partial charge < -0.3 is 11.1 Å². The molecular formula is C19H21F4N5O3S. The second-order valence-electron chi connectivity index (χ2n) is 7.58. The topological polar surface area (TPSA) is 139 Å². The minimum Gasteiger partial charge on any atom is -0.386 e. The Labute approximate surface area is 181 Å². The van der Waals surface area contributed by atoms with Crippen molar-refractivity contribution in [1.29, 1.82) is 5.41 Å². The Bertz CT molecular complexity index is 1130. The summed E-state index contributed by atoms with van der Waals surface area (Å²) in [6.45, 7) is 4.00. The van der Waals surface area contributed by atoms with Crippen LogP contribution in [-0.4, -0.2) is 40.6 Å². The fourth-order valence-electron chi connectivity index (χ4n) is 2.58. The summed E-state index contributed by atoms with van der Waals surface area (Å²) in [5.41, 5.74) is 3.76. The van der Waals surface area contributed by atoms with E-state index >= 15 is 0 Å². The van der Waals surface area contributed by atoms with E-state index in [-0.39, 0.29) is 11.3 Å². The van der Waals surface area contributed by atoms with Crippen LogP contribution in [0.2, 0.25) is 0 Å². The van der Waals surface area contributed by atoms with Gasteiger partial charge in [-0.3, -0.25) is 10.2 Å². The number of hydrogen-bond acceptors (Lipinski definition) is 6. The maximum atomic E-state index is 14.4. The fourth-order valence-corrected chi connectivity index (χ4v) is 4.17. The molecule has 174 valence electrons. The van der Waals surface area contributed by atoms with Crippen molar-refractivity contribution in [2.45, 2.75) is 37.6 Å². The number of sulfone groups is 1. The normalized spacial score (nSPS) is 13.5. The lowest BCUT2D eigenvalue weighted by atomic mass is 10.0. The van der Waals surface area contributed by atoms with Crippen LogP contribution in [0.3, 0.4) is 0 Å². The highest BCUT2D eigenvalue weighted by Crippen LogP contribution is 2.29. The van der Waals surface area contributed by atoms with E-state index in [1.54, 1.807) is 0 Å². The van der Waals surface area contributed by atoms with Crippen molar-refractivity contribution in [3.05, 3.63) is 53.4 Å². The van der Waals surface area contributed by atoms with Gasteiger partial charge in [0, 0.05) is 5.69 Å². The van der Waals surface area contributed by atoms with Crippen LogP contribution < -0.4 is 11.1 Å². The SMILES string of the molecule is C[C@@H](CS(=O)(=O)C(C)(C)C(=N)N)c1cc(NC(=O)c2cnc(C(F)(F)F)cn2)ccc1F. The monoisotopic (exact) mass is 475 g/mol. The largest absolute Gasteiger partial charge is 0.434 e. The van der Waals surface area contributed by atoms with Gasteiger partial charge in [0.05, 0.1) is 18.1 Å². The Morgan fingerprint density at radius 3 is 2.34 bits per heavy atom. The van der Waals surface area contributed by atoms with Crippen molar-refractivity contribution in [1.82, 2.24) is 9.97 Å². The molecule has 0 bridgehead atoms. The second-order valence-corrected chi connectivity index (χ2v) is 10.2.